The van der Waals surface area contributed by atoms with E-state index in [1.807, 2.05) is 38.1 Å². The number of furan rings is 1. The third kappa shape index (κ3) is 5.93. The quantitative estimate of drug-likeness (QED) is 0.592. The number of carbonyl (C=O) groups is 2. The Hall–Kier alpha value is -2.12. The maximum Gasteiger partial charge on any atom is 0.254 e. The summed E-state index contributed by atoms with van der Waals surface area (Å²) in [7, 11) is 0. The van der Waals surface area contributed by atoms with Gasteiger partial charge in [-0.15, -0.1) is 0 Å². The van der Waals surface area contributed by atoms with Crippen molar-refractivity contribution in [1.29, 1.82) is 0 Å². The molecular weight excluding hydrogens is 436 g/mol. The van der Waals surface area contributed by atoms with Crippen LogP contribution in [0.25, 0.3) is 0 Å². The summed E-state index contributed by atoms with van der Waals surface area (Å²) in [6.07, 6.45) is 3.58. The maximum atomic E-state index is 13.2. The van der Waals surface area contributed by atoms with Crippen molar-refractivity contribution >= 4 is 27.7 Å². The predicted molar refractivity (Wildman–Crippen MR) is 113 cm³/mol. The second kappa shape index (κ2) is 10.1. The maximum absolute atomic E-state index is 13.2. The van der Waals surface area contributed by atoms with Crippen LogP contribution in [0.15, 0.2) is 51.6 Å². The third-order valence-corrected chi connectivity index (χ3v) is 5.54. The van der Waals surface area contributed by atoms with Crippen LogP contribution >= 0.6 is 15.9 Å². The van der Waals surface area contributed by atoms with Gasteiger partial charge in [-0.1, -0.05) is 15.9 Å². The zero-order chi connectivity index (χ0) is 20.8. The van der Waals surface area contributed by atoms with E-state index in [-0.39, 0.29) is 30.5 Å². The average molecular weight is 463 g/mol. The summed E-state index contributed by atoms with van der Waals surface area (Å²) < 4.78 is 12.1. The lowest BCUT2D eigenvalue weighted by molar-refractivity contribution is -0.134. The van der Waals surface area contributed by atoms with Crippen LogP contribution in [0.3, 0.4) is 0 Å². The van der Waals surface area contributed by atoms with Gasteiger partial charge in [0.15, 0.2) is 0 Å². The molecule has 6 nitrogen and oxygen atoms in total. The van der Waals surface area contributed by atoms with Gasteiger partial charge in [-0.3, -0.25) is 9.59 Å². The van der Waals surface area contributed by atoms with Gasteiger partial charge in [0.25, 0.3) is 5.91 Å². The Morgan fingerprint density at radius 1 is 1.21 bits per heavy atom. The van der Waals surface area contributed by atoms with Crippen molar-refractivity contribution in [3.8, 4) is 0 Å². The van der Waals surface area contributed by atoms with E-state index in [4.69, 9.17) is 9.15 Å². The van der Waals surface area contributed by atoms with Crippen molar-refractivity contribution in [2.75, 3.05) is 19.7 Å². The van der Waals surface area contributed by atoms with Gasteiger partial charge in [-0.25, -0.2) is 0 Å². The second-order valence-electron chi connectivity index (χ2n) is 7.52. The van der Waals surface area contributed by atoms with Crippen molar-refractivity contribution in [3.63, 3.8) is 0 Å². The van der Waals surface area contributed by atoms with Gasteiger partial charge < -0.3 is 19.0 Å². The van der Waals surface area contributed by atoms with Gasteiger partial charge >= 0.3 is 0 Å². The fourth-order valence-electron chi connectivity index (χ4n) is 3.37. The molecule has 1 fully saturated rings. The number of nitrogens with zero attached hydrogens (tertiary/aromatic N) is 2. The largest absolute Gasteiger partial charge is 0.467 e. The van der Waals surface area contributed by atoms with Gasteiger partial charge in [-0.2, -0.15) is 0 Å². The molecule has 0 saturated carbocycles. The smallest absolute Gasteiger partial charge is 0.254 e. The Morgan fingerprint density at radius 2 is 1.97 bits per heavy atom. The molecule has 0 N–H and O–H groups in total. The molecule has 29 heavy (non-hydrogen) atoms. The Labute approximate surface area is 179 Å². The Kier molecular flexibility index (Phi) is 7.50. The first-order valence-electron chi connectivity index (χ1n) is 9.92. The monoisotopic (exact) mass is 462 g/mol. The van der Waals surface area contributed by atoms with Crippen LogP contribution in [0.5, 0.6) is 0 Å². The highest BCUT2D eigenvalue weighted by molar-refractivity contribution is 9.10. The number of ether oxygens (including phenoxy) is 1. The summed E-state index contributed by atoms with van der Waals surface area (Å²) >= 11 is 3.38. The van der Waals surface area contributed by atoms with Crippen LogP contribution in [0.1, 0.15) is 42.8 Å². The molecule has 1 aromatic heterocycles. The summed E-state index contributed by atoms with van der Waals surface area (Å²) in [5, 5.41) is 0. The summed E-state index contributed by atoms with van der Waals surface area (Å²) in [6, 6.07) is 10.7. The molecule has 1 aliphatic rings. The molecule has 7 heteroatoms. The molecule has 0 spiro atoms. The van der Waals surface area contributed by atoms with E-state index in [0.717, 1.165) is 23.9 Å². The van der Waals surface area contributed by atoms with Gasteiger partial charge in [0, 0.05) is 29.2 Å². The molecule has 0 aliphatic carbocycles. The second-order valence-corrected chi connectivity index (χ2v) is 8.44. The zero-order valence-electron chi connectivity index (χ0n) is 16.8. The van der Waals surface area contributed by atoms with E-state index in [2.05, 4.69) is 15.9 Å². The van der Waals surface area contributed by atoms with Crippen LogP contribution in [0, 0.1) is 0 Å². The van der Waals surface area contributed by atoms with Gasteiger partial charge in [-0.05, 0) is 63.1 Å². The topological polar surface area (TPSA) is 63.0 Å². The minimum absolute atomic E-state index is 0.0139. The molecule has 1 aromatic carbocycles. The summed E-state index contributed by atoms with van der Waals surface area (Å²) in [6.45, 7) is 5.44. The molecule has 1 saturated heterocycles. The number of amides is 2. The van der Waals surface area contributed by atoms with Crippen LogP contribution in [0.2, 0.25) is 0 Å². The zero-order valence-corrected chi connectivity index (χ0v) is 18.4. The first kappa shape index (κ1) is 21.6. The van der Waals surface area contributed by atoms with Crippen molar-refractivity contribution in [2.45, 2.75) is 45.4 Å². The molecule has 2 aromatic rings. The molecule has 1 atom stereocenters. The SMILES string of the molecule is CC(C)N(CC(=O)N(Cc1ccco1)CC1CCCO1)C(=O)c1ccc(Br)cc1. The van der Waals surface area contributed by atoms with E-state index >= 15 is 0 Å². The van der Waals surface area contributed by atoms with E-state index in [1.54, 1.807) is 28.2 Å². The Balaban J connectivity index is 1.73. The molecule has 2 heterocycles. The van der Waals surface area contributed by atoms with E-state index in [1.165, 1.54) is 0 Å². The number of carbonyl (C=O) groups excluding carboxylic acids is 2. The van der Waals surface area contributed by atoms with Crippen LogP contribution < -0.4 is 0 Å². The van der Waals surface area contributed by atoms with Crippen molar-refractivity contribution < 1.29 is 18.7 Å². The Morgan fingerprint density at radius 3 is 2.55 bits per heavy atom. The highest BCUT2D eigenvalue weighted by Gasteiger charge is 2.27. The highest BCUT2D eigenvalue weighted by Crippen LogP contribution is 2.18. The van der Waals surface area contributed by atoms with Crippen molar-refractivity contribution in [2.24, 2.45) is 0 Å². The van der Waals surface area contributed by atoms with Gasteiger partial charge in [0.05, 0.1) is 18.9 Å². The third-order valence-electron chi connectivity index (χ3n) is 5.01. The fraction of sp³-hybridized carbons (Fsp3) is 0.455. The highest BCUT2D eigenvalue weighted by atomic mass is 79.9. The summed E-state index contributed by atoms with van der Waals surface area (Å²) in [5.74, 6) is 0.443. The lowest BCUT2D eigenvalue weighted by atomic mass is 10.1. The molecule has 3 rings (SSSR count). The standard InChI is InChI=1S/C22H27BrN2O4/c1-16(2)25(22(27)17-7-9-18(23)10-8-17)15-21(26)24(13-19-5-3-11-28-19)14-20-6-4-12-29-20/h3,5,7-11,16,20H,4,6,12-15H2,1-2H3. The molecule has 1 aliphatic heterocycles. The number of benzene rings is 1. The molecular formula is C22H27BrN2O4. The normalized spacial score (nSPS) is 16.2. The molecule has 1 unspecified atom stereocenters. The minimum atomic E-state index is -0.157. The molecule has 0 bridgehead atoms. The average Bonchev–Trinajstić information content (AvgIpc) is 3.39. The number of rotatable bonds is 8. The van der Waals surface area contributed by atoms with Crippen LogP contribution in [-0.4, -0.2) is 53.5 Å². The van der Waals surface area contributed by atoms with Gasteiger partial charge in [0.1, 0.15) is 12.3 Å². The van der Waals surface area contributed by atoms with Crippen LogP contribution in [-0.2, 0) is 16.1 Å². The fourth-order valence-corrected chi connectivity index (χ4v) is 3.64. The lowest BCUT2D eigenvalue weighted by Crippen LogP contribution is -2.47. The first-order valence-corrected chi connectivity index (χ1v) is 10.7. The molecule has 156 valence electrons. The molecule has 2 amide bonds. The van der Waals surface area contributed by atoms with Crippen LogP contribution in [0.4, 0.5) is 0 Å². The Bertz CT molecular complexity index is 799. The summed E-state index contributed by atoms with van der Waals surface area (Å²) in [5.41, 5.74) is 0.561. The van der Waals surface area contributed by atoms with Crippen molar-refractivity contribution in [3.05, 3.63) is 58.5 Å². The van der Waals surface area contributed by atoms with Crippen molar-refractivity contribution in [1.82, 2.24) is 9.80 Å². The number of hydrogen-bond acceptors (Lipinski definition) is 4. The number of hydrogen-bond donors (Lipinski definition) is 0. The lowest BCUT2D eigenvalue weighted by Gasteiger charge is -2.31. The van der Waals surface area contributed by atoms with Gasteiger partial charge in [0.2, 0.25) is 5.91 Å². The minimum Gasteiger partial charge on any atom is -0.467 e. The summed E-state index contributed by atoms with van der Waals surface area (Å²) in [4.78, 5) is 29.5. The predicted octanol–water partition coefficient (Wildman–Crippen LogP) is 4.10. The van der Waals surface area contributed by atoms with E-state index < -0.39 is 0 Å². The first-order chi connectivity index (χ1) is 13.9. The van der Waals surface area contributed by atoms with E-state index in [9.17, 15) is 9.59 Å². The molecule has 0 radical (unpaired) electrons. The van der Waals surface area contributed by atoms with E-state index in [0.29, 0.717) is 24.4 Å². The number of halogens is 1.